The lowest BCUT2D eigenvalue weighted by Gasteiger charge is -2.43. The Morgan fingerprint density at radius 2 is 2.20 bits per heavy atom. The van der Waals surface area contributed by atoms with Crippen molar-refractivity contribution >= 4 is 0 Å². The van der Waals surface area contributed by atoms with E-state index in [0.717, 1.165) is 25.3 Å². The van der Waals surface area contributed by atoms with Gasteiger partial charge in [-0.1, -0.05) is 0 Å². The number of hydrogen-bond acceptors (Lipinski definition) is 3. The number of rotatable bonds is 1. The van der Waals surface area contributed by atoms with Crippen LogP contribution in [-0.2, 0) is 12.6 Å². The summed E-state index contributed by atoms with van der Waals surface area (Å²) in [6.07, 6.45) is 2.14. The quantitative estimate of drug-likeness (QED) is 0.728. The fraction of sp³-hybridized carbons (Fsp3) is 0.727. The van der Waals surface area contributed by atoms with Crippen molar-refractivity contribution in [1.29, 1.82) is 0 Å². The summed E-state index contributed by atoms with van der Waals surface area (Å²) < 4.78 is 1.90. The van der Waals surface area contributed by atoms with Gasteiger partial charge in [0.1, 0.15) is 0 Å². The third-order valence-corrected chi connectivity index (χ3v) is 3.53. The summed E-state index contributed by atoms with van der Waals surface area (Å²) in [6, 6.07) is 0. The van der Waals surface area contributed by atoms with Gasteiger partial charge in [0.25, 0.3) is 0 Å². The Balaban J connectivity index is 2.38. The minimum Gasteiger partial charge on any atom is -0.313 e. The third kappa shape index (κ3) is 1.68. The molecule has 0 spiro atoms. The minimum absolute atomic E-state index is 0.0800. The van der Waals surface area contributed by atoms with Crippen molar-refractivity contribution in [3.05, 3.63) is 17.5 Å². The smallest absolute Gasteiger partial charge is 0.0644 e. The van der Waals surface area contributed by atoms with Crippen LogP contribution >= 0.6 is 0 Å². The fourth-order valence-corrected chi connectivity index (χ4v) is 2.39. The maximum atomic E-state index is 4.43. The SMILES string of the molecule is Cc1nn(C)cc1C1(C)CNCCN1C. The monoisotopic (exact) mass is 208 g/mol. The van der Waals surface area contributed by atoms with Gasteiger partial charge in [-0.3, -0.25) is 9.58 Å². The number of likely N-dealkylation sites (N-methyl/N-ethyl adjacent to an activating group) is 1. The number of aromatic nitrogens is 2. The zero-order valence-electron chi connectivity index (χ0n) is 10.0. The highest BCUT2D eigenvalue weighted by atomic mass is 15.3. The first-order chi connectivity index (χ1) is 7.04. The third-order valence-electron chi connectivity index (χ3n) is 3.53. The number of nitrogens with zero attached hydrogens (tertiary/aromatic N) is 3. The molecule has 1 aliphatic heterocycles. The first-order valence-electron chi connectivity index (χ1n) is 5.47. The molecule has 0 aliphatic carbocycles. The van der Waals surface area contributed by atoms with Crippen LogP contribution in [0.5, 0.6) is 0 Å². The molecule has 1 aliphatic rings. The summed E-state index contributed by atoms with van der Waals surface area (Å²) in [4.78, 5) is 2.41. The van der Waals surface area contributed by atoms with Crippen LogP contribution in [0.1, 0.15) is 18.2 Å². The highest BCUT2D eigenvalue weighted by molar-refractivity contribution is 5.26. The average molecular weight is 208 g/mol. The molecule has 84 valence electrons. The lowest BCUT2D eigenvalue weighted by molar-refractivity contribution is 0.103. The molecule has 0 aromatic carbocycles. The van der Waals surface area contributed by atoms with Crippen LogP contribution in [0, 0.1) is 6.92 Å². The van der Waals surface area contributed by atoms with Gasteiger partial charge >= 0.3 is 0 Å². The van der Waals surface area contributed by atoms with Crippen LogP contribution in [0.2, 0.25) is 0 Å². The molecule has 0 amide bonds. The van der Waals surface area contributed by atoms with Gasteiger partial charge in [-0.25, -0.2) is 0 Å². The Labute approximate surface area is 91.3 Å². The van der Waals surface area contributed by atoms with E-state index >= 15 is 0 Å². The molecule has 1 aromatic rings. The van der Waals surface area contributed by atoms with Crippen LogP contribution in [0.3, 0.4) is 0 Å². The first kappa shape index (κ1) is 10.6. The van der Waals surface area contributed by atoms with Crippen LogP contribution < -0.4 is 5.32 Å². The molecule has 4 nitrogen and oxygen atoms in total. The van der Waals surface area contributed by atoms with Crippen molar-refractivity contribution in [2.75, 3.05) is 26.7 Å². The highest BCUT2D eigenvalue weighted by Gasteiger charge is 2.35. The summed E-state index contributed by atoms with van der Waals surface area (Å²) in [7, 11) is 4.17. The summed E-state index contributed by atoms with van der Waals surface area (Å²) in [6.45, 7) is 7.53. The molecule has 15 heavy (non-hydrogen) atoms. The Hall–Kier alpha value is -0.870. The zero-order valence-corrected chi connectivity index (χ0v) is 10.0. The lowest BCUT2D eigenvalue weighted by atomic mass is 9.89. The van der Waals surface area contributed by atoms with Gasteiger partial charge in [-0.15, -0.1) is 0 Å². The van der Waals surface area contributed by atoms with Gasteiger partial charge < -0.3 is 5.32 Å². The van der Waals surface area contributed by atoms with Gasteiger partial charge in [-0.05, 0) is 20.9 Å². The second-order valence-electron chi connectivity index (χ2n) is 4.67. The number of aryl methyl sites for hydroxylation is 2. The Morgan fingerprint density at radius 1 is 1.47 bits per heavy atom. The molecule has 1 N–H and O–H groups in total. The first-order valence-corrected chi connectivity index (χ1v) is 5.47. The van der Waals surface area contributed by atoms with E-state index in [4.69, 9.17) is 0 Å². The van der Waals surface area contributed by atoms with Crippen LogP contribution in [0.4, 0.5) is 0 Å². The molecular formula is C11H20N4. The van der Waals surface area contributed by atoms with Crippen molar-refractivity contribution < 1.29 is 0 Å². The van der Waals surface area contributed by atoms with Gasteiger partial charge in [0.15, 0.2) is 0 Å². The van der Waals surface area contributed by atoms with Crippen molar-refractivity contribution in [2.24, 2.45) is 7.05 Å². The van der Waals surface area contributed by atoms with Crippen LogP contribution in [0.15, 0.2) is 6.20 Å². The largest absolute Gasteiger partial charge is 0.313 e. The van der Waals surface area contributed by atoms with E-state index in [9.17, 15) is 0 Å². The van der Waals surface area contributed by atoms with Gasteiger partial charge in [-0.2, -0.15) is 5.10 Å². The molecule has 2 heterocycles. The standard InChI is InChI=1S/C11H20N4/c1-9-10(7-15(4)13-9)11(2)8-12-5-6-14(11)3/h7,12H,5-6,8H2,1-4H3. The molecular weight excluding hydrogens is 188 g/mol. The van der Waals surface area contributed by atoms with Crippen LogP contribution in [-0.4, -0.2) is 41.4 Å². The Kier molecular flexibility index (Phi) is 2.56. The normalized spacial score (nSPS) is 28.3. The van der Waals surface area contributed by atoms with Gasteiger partial charge in [0.05, 0.1) is 11.2 Å². The Morgan fingerprint density at radius 3 is 2.73 bits per heavy atom. The van der Waals surface area contributed by atoms with Gasteiger partial charge in [0, 0.05) is 38.4 Å². The van der Waals surface area contributed by atoms with E-state index in [1.54, 1.807) is 0 Å². The minimum atomic E-state index is 0.0800. The summed E-state index contributed by atoms with van der Waals surface area (Å²) in [5.41, 5.74) is 2.55. The second kappa shape index (κ2) is 3.61. The molecule has 2 rings (SSSR count). The van der Waals surface area contributed by atoms with E-state index < -0.39 is 0 Å². The average Bonchev–Trinajstić information content (AvgIpc) is 2.51. The highest BCUT2D eigenvalue weighted by Crippen LogP contribution is 2.29. The van der Waals surface area contributed by atoms with E-state index in [2.05, 4.69) is 42.4 Å². The van der Waals surface area contributed by atoms with Crippen molar-refractivity contribution in [2.45, 2.75) is 19.4 Å². The summed E-state index contributed by atoms with van der Waals surface area (Å²) >= 11 is 0. The van der Waals surface area contributed by atoms with E-state index in [-0.39, 0.29) is 5.54 Å². The number of nitrogens with one attached hydrogen (secondary N) is 1. The maximum absolute atomic E-state index is 4.43. The van der Waals surface area contributed by atoms with Gasteiger partial charge in [0.2, 0.25) is 0 Å². The predicted octanol–water partition coefficient (Wildman–Crippen LogP) is 0.479. The van der Waals surface area contributed by atoms with Crippen molar-refractivity contribution in [3.8, 4) is 0 Å². The molecule has 1 aromatic heterocycles. The van der Waals surface area contributed by atoms with Crippen molar-refractivity contribution in [1.82, 2.24) is 20.0 Å². The number of piperazine rings is 1. The molecule has 0 bridgehead atoms. The number of hydrogen-bond donors (Lipinski definition) is 1. The van der Waals surface area contributed by atoms with Crippen LogP contribution in [0.25, 0.3) is 0 Å². The topological polar surface area (TPSA) is 33.1 Å². The maximum Gasteiger partial charge on any atom is 0.0644 e. The lowest BCUT2D eigenvalue weighted by Crippen LogP contribution is -2.55. The predicted molar refractivity (Wildman–Crippen MR) is 60.8 cm³/mol. The Bertz CT molecular complexity index is 357. The van der Waals surface area contributed by atoms with E-state index in [1.165, 1.54) is 5.56 Å². The summed E-state index contributed by atoms with van der Waals surface area (Å²) in [5.74, 6) is 0. The molecule has 1 atom stereocenters. The molecule has 1 saturated heterocycles. The molecule has 1 unspecified atom stereocenters. The van der Waals surface area contributed by atoms with E-state index in [0.29, 0.717) is 0 Å². The summed E-state index contributed by atoms with van der Waals surface area (Å²) in [5, 5.41) is 7.89. The van der Waals surface area contributed by atoms with Crippen molar-refractivity contribution in [3.63, 3.8) is 0 Å². The molecule has 0 saturated carbocycles. The molecule has 0 radical (unpaired) electrons. The zero-order chi connectivity index (χ0) is 11.1. The second-order valence-corrected chi connectivity index (χ2v) is 4.67. The molecule has 1 fully saturated rings. The van der Waals surface area contributed by atoms with E-state index in [1.807, 2.05) is 11.7 Å². The fourth-order valence-electron chi connectivity index (χ4n) is 2.39. The molecule has 4 heteroatoms.